The summed E-state index contributed by atoms with van der Waals surface area (Å²) in [4.78, 5) is 0. The summed E-state index contributed by atoms with van der Waals surface area (Å²) in [7, 11) is 0. The Bertz CT molecular complexity index is 427. The van der Waals surface area contributed by atoms with Crippen molar-refractivity contribution in [3.8, 4) is 5.75 Å². The molecule has 112 valence electrons. The van der Waals surface area contributed by atoms with Crippen molar-refractivity contribution in [2.75, 3.05) is 6.54 Å². The van der Waals surface area contributed by atoms with Crippen molar-refractivity contribution in [1.82, 2.24) is 5.32 Å². The third-order valence-electron chi connectivity index (χ3n) is 4.00. The maximum absolute atomic E-state index is 5.80. The molecule has 1 aromatic rings. The molecule has 0 saturated heterocycles. The van der Waals surface area contributed by atoms with E-state index in [0.717, 1.165) is 24.6 Å². The highest BCUT2D eigenvalue weighted by molar-refractivity contribution is 5.41. The minimum atomic E-state index is 0.331. The lowest BCUT2D eigenvalue weighted by Crippen LogP contribution is -2.22. The Balaban J connectivity index is 2.09. The third-order valence-corrected chi connectivity index (χ3v) is 4.00. The molecule has 2 heteroatoms. The molecule has 0 amide bonds. The van der Waals surface area contributed by atoms with Crippen LogP contribution in [0.2, 0.25) is 0 Å². The predicted octanol–water partition coefficient (Wildman–Crippen LogP) is 4.49. The number of fused-ring (bicyclic) bond motifs is 1. The van der Waals surface area contributed by atoms with Crippen LogP contribution in [0.4, 0.5) is 0 Å². The fourth-order valence-corrected chi connectivity index (χ4v) is 2.86. The van der Waals surface area contributed by atoms with Crippen LogP contribution in [-0.2, 0) is 6.42 Å². The van der Waals surface area contributed by atoms with Gasteiger partial charge in [0.05, 0.1) is 0 Å². The van der Waals surface area contributed by atoms with Crippen LogP contribution in [0, 0.1) is 5.92 Å². The molecule has 0 spiro atoms. The van der Waals surface area contributed by atoms with Crippen molar-refractivity contribution >= 4 is 0 Å². The average molecular weight is 275 g/mol. The van der Waals surface area contributed by atoms with Gasteiger partial charge in [-0.25, -0.2) is 0 Å². The summed E-state index contributed by atoms with van der Waals surface area (Å²) in [5.74, 6) is 1.85. The van der Waals surface area contributed by atoms with Crippen LogP contribution >= 0.6 is 0 Å². The van der Waals surface area contributed by atoms with E-state index in [9.17, 15) is 0 Å². The van der Waals surface area contributed by atoms with E-state index in [0.29, 0.717) is 12.1 Å². The normalized spacial score (nSPS) is 18.9. The smallest absolute Gasteiger partial charge is 0.123 e. The highest BCUT2D eigenvalue weighted by Crippen LogP contribution is 2.32. The van der Waals surface area contributed by atoms with Gasteiger partial charge in [-0.05, 0) is 55.8 Å². The fourth-order valence-electron chi connectivity index (χ4n) is 2.86. The molecule has 1 aliphatic rings. The molecule has 2 rings (SSSR count). The molecule has 0 bridgehead atoms. The van der Waals surface area contributed by atoms with E-state index in [4.69, 9.17) is 4.74 Å². The monoisotopic (exact) mass is 275 g/mol. The van der Waals surface area contributed by atoms with Gasteiger partial charge in [0.15, 0.2) is 0 Å². The Labute approximate surface area is 123 Å². The lowest BCUT2D eigenvalue weighted by Gasteiger charge is -2.20. The molecule has 0 saturated carbocycles. The highest BCUT2D eigenvalue weighted by atomic mass is 16.5. The summed E-state index contributed by atoms with van der Waals surface area (Å²) in [5, 5.41) is 3.70. The first-order valence-corrected chi connectivity index (χ1v) is 8.13. The number of rotatable bonds is 7. The molecule has 0 radical (unpaired) electrons. The minimum absolute atomic E-state index is 0.331. The summed E-state index contributed by atoms with van der Waals surface area (Å²) in [6.45, 7) is 10.1. The van der Waals surface area contributed by atoms with Crippen LogP contribution < -0.4 is 10.1 Å². The molecule has 1 aromatic carbocycles. The molecule has 1 N–H and O–H groups in total. The molecule has 0 aromatic heterocycles. The zero-order valence-electron chi connectivity index (χ0n) is 13.4. The fraction of sp³-hybridized carbons (Fsp3) is 0.667. The molecule has 1 aliphatic heterocycles. The van der Waals surface area contributed by atoms with Gasteiger partial charge in [0.25, 0.3) is 0 Å². The Morgan fingerprint density at radius 1 is 1.30 bits per heavy atom. The van der Waals surface area contributed by atoms with Gasteiger partial charge >= 0.3 is 0 Å². The number of benzene rings is 1. The van der Waals surface area contributed by atoms with Crippen molar-refractivity contribution in [2.45, 2.75) is 65.5 Å². The summed E-state index contributed by atoms with van der Waals surface area (Å²) in [6.07, 6.45) is 5.05. The molecule has 0 fully saturated rings. The molecule has 0 aliphatic carbocycles. The summed E-state index contributed by atoms with van der Waals surface area (Å²) >= 11 is 0. The third kappa shape index (κ3) is 3.99. The molecule has 20 heavy (non-hydrogen) atoms. The second-order valence-corrected chi connectivity index (χ2v) is 6.48. The van der Waals surface area contributed by atoms with Crippen molar-refractivity contribution in [3.05, 3.63) is 29.3 Å². The number of hydrogen-bond donors (Lipinski definition) is 1. The molecule has 1 heterocycles. The van der Waals surface area contributed by atoms with E-state index in [-0.39, 0.29) is 0 Å². The minimum Gasteiger partial charge on any atom is -0.490 e. The van der Waals surface area contributed by atoms with Crippen LogP contribution in [0.3, 0.4) is 0 Å². The van der Waals surface area contributed by atoms with E-state index >= 15 is 0 Å². The first kappa shape index (κ1) is 15.4. The topological polar surface area (TPSA) is 21.3 Å². The SMILES string of the molecule is CCCNC(CCC(C)C)c1ccc2c(c1)CC(C)O2. The average Bonchev–Trinajstić information content (AvgIpc) is 2.77. The second kappa shape index (κ2) is 7.12. The Morgan fingerprint density at radius 3 is 2.80 bits per heavy atom. The molecular weight excluding hydrogens is 246 g/mol. The second-order valence-electron chi connectivity index (χ2n) is 6.48. The number of ether oxygens (including phenoxy) is 1. The first-order chi connectivity index (χ1) is 9.60. The van der Waals surface area contributed by atoms with E-state index in [2.05, 4.69) is 51.2 Å². The standard InChI is InChI=1S/C18H29NO/c1-5-10-19-17(8-6-13(2)3)15-7-9-18-16(12-15)11-14(4)20-18/h7,9,12-14,17,19H,5-6,8,10-11H2,1-4H3. The van der Waals surface area contributed by atoms with Crippen molar-refractivity contribution < 1.29 is 4.74 Å². The van der Waals surface area contributed by atoms with Gasteiger partial charge in [-0.15, -0.1) is 0 Å². The van der Waals surface area contributed by atoms with E-state index in [1.54, 1.807) is 0 Å². The van der Waals surface area contributed by atoms with Crippen molar-refractivity contribution in [1.29, 1.82) is 0 Å². The van der Waals surface area contributed by atoms with Gasteiger partial charge in [0, 0.05) is 12.5 Å². The zero-order chi connectivity index (χ0) is 14.5. The summed E-state index contributed by atoms with van der Waals surface area (Å²) in [5.41, 5.74) is 2.80. The van der Waals surface area contributed by atoms with Crippen LogP contribution in [0.15, 0.2) is 18.2 Å². The molecular formula is C18H29NO. The van der Waals surface area contributed by atoms with Crippen LogP contribution in [0.1, 0.15) is 64.1 Å². The summed E-state index contributed by atoms with van der Waals surface area (Å²) < 4.78 is 5.80. The maximum atomic E-state index is 5.80. The predicted molar refractivity (Wildman–Crippen MR) is 85.3 cm³/mol. The van der Waals surface area contributed by atoms with Gasteiger partial charge < -0.3 is 10.1 Å². The summed E-state index contributed by atoms with van der Waals surface area (Å²) in [6, 6.07) is 7.24. The Hall–Kier alpha value is -1.02. The maximum Gasteiger partial charge on any atom is 0.123 e. The quantitative estimate of drug-likeness (QED) is 0.792. The van der Waals surface area contributed by atoms with Crippen LogP contribution in [0.5, 0.6) is 5.75 Å². The van der Waals surface area contributed by atoms with Gasteiger partial charge in [-0.2, -0.15) is 0 Å². The van der Waals surface area contributed by atoms with Gasteiger partial charge in [-0.1, -0.05) is 32.9 Å². The molecule has 2 unspecified atom stereocenters. The van der Waals surface area contributed by atoms with Gasteiger partial charge in [0.2, 0.25) is 0 Å². The first-order valence-electron chi connectivity index (χ1n) is 8.13. The van der Waals surface area contributed by atoms with E-state index < -0.39 is 0 Å². The largest absolute Gasteiger partial charge is 0.490 e. The van der Waals surface area contributed by atoms with Crippen molar-refractivity contribution in [2.24, 2.45) is 5.92 Å². The van der Waals surface area contributed by atoms with Crippen molar-refractivity contribution in [3.63, 3.8) is 0 Å². The number of hydrogen-bond acceptors (Lipinski definition) is 2. The highest BCUT2D eigenvalue weighted by Gasteiger charge is 2.21. The van der Waals surface area contributed by atoms with Gasteiger partial charge in [-0.3, -0.25) is 0 Å². The van der Waals surface area contributed by atoms with E-state index in [1.165, 1.54) is 30.4 Å². The number of nitrogens with one attached hydrogen (secondary N) is 1. The lowest BCUT2D eigenvalue weighted by atomic mass is 9.95. The van der Waals surface area contributed by atoms with Gasteiger partial charge in [0.1, 0.15) is 11.9 Å². The molecule has 2 atom stereocenters. The molecule has 2 nitrogen and oxygen atoms in total. The Morgan fingerprint density at radius 2 is 2.10 bits per heavy atom. The van der Waals surface area contributed by atoms with E-state index in [1.807, 2.05) is 0 Å². The van der Waals surface area contributed by atoms with Crippen LogP contribution in [0.25, 0.3) is 0 Å². The van der Waals surface area contributed by atoms with Crippen LogP contribution in [-0.4, -0.2) is 12.6 Å². The Kier molecular flexibility index (Phi) is 5.47. The lowest BCUT2D eigenvalue weighted by molar-refractivity contribution is 0.254. The zero-order valence-corrected chi connectivity index (χ0v) is 13.4.